The Morgan fingerprint density at radius 2 is 0.982 bits per heavy atom. The highest BCUT2D eigenvalue weighted by molar-refractivity contribution is 6.70. The zero-order valence-electron chi connectivity index (χ0n) is 34.8. The van der Waals surface area contributed by atoms with Crippen molar-refractivity contribution < 1.29 is 4.42 Å². The summed E-state index contributed by atoms with van der Waals surface area (Å²) in [7, 11) is 22.6. The average molecular weight is 721 g/mol. The molecule has 0 N–H and O–H groups in total. The SMILES string of the molecule is Bc1c(B)c(B)c(-c2ccc(N(c3cccc(-c4cccc5c4oc4c6ccccc6n(-c6ccccc6)c54)c3)c3c(B)c(B)c(B)c(B)c3B)cc2)c(B)c1B. The predicted octanol–water partition coefficient (Wildman–Crippen LogP) is -5.08. The maximum Gasteiger partial charge on any atom is 0.161 e. The molecule has 13 heteroatoms. The lowest BCUT2D eigenvalue weighted by Crippen LogP contribution is -2.56. The molecular formula is C44H40B10N2O. The summed E-state index contributed by atoms with van der Waals surface area (Å²) in [6, 6.07) is 44.0. The summed E-state index contributed by atoms with van der Waals surface area (Å²) in [5.41, 5.74) is 26.9. The number of furan rings is 1. The largest absolute Gasteiger partial charge is 0.453 e. The fraction of sp³-hybridized carbons (Fsp3) is 0. The molecule has 0 unspecified atom stereocenters. The molecular weight excluding hydrogens is 681 g/mol. The van der Waals surface area contributed by atoms with E-state index in [4.69, 9.17) is 4.42 Å². The minimum atomic E-state index is 0.898. The Bertz CT molecular complexity index is 3030. The molecule has 0 amide bonds. The monoisotopic (exact) mass is 722 g/mol. The summed E-state index contributed by atoms with van der Waals surface area (Å²) in [6.07, 6.45) is 0. The Hall–Kier alpha value is -5.67. The molecule has 57 heavy (non-hydrogen) atoms. The third-order valence-electron chi connectivity index (χ3n) is 13.3. The number of hydrogen-bond donors (Lipinski definition) is 0. The molecule has 9 rings (SSSR count). The number of benzene rings is 7. The molecule has 7 aromatic carbocycles. The summed E-state index contributed by atoms with van der Waals surface area (Å²) in [4.78, 5) is 2.47. The molecule has 0 saturated carbocycles. The molecule has 0 fully saturated rings. The Labute approximate surface area is 344 Å². The van der Waals surface area contributed by atoms with Crippen molar-refractivity contribution in [3.8, 4) is 27.9 Å². The van der Waals surface area contributed by atoms with Crippen LogP contribution in [0.25, 0.3) is 60.9 Å². The summed E-state index contributed by atoms with van der Waals surface area (Å²) in [5.74, 6) is 0. The predicted molar refractivity (Wildman–Crippen MR) is 278 cm³/mol. The van der Waals surface area contributed by atoms with Crippen molar-refractivity contribution >= 4 is 183 Å². The van der Waals surface area contributed by atoms with Crippen LogP contribution in [-0.2, 0) is 0 Å². The van der Waals surface area contributed by atoms with Crippen molar-refractivity contribution in [2.24, 2.45) is 0 Å². The Kier molecular flexibility index (Phi) is 9.11. The number of aromatic nitrogens is 1. The van der Waals surface area contributed by atoms with E-state index in [1.807, 2.05) is 0 Å². The number of nitrogens with zero attached hydrogens (tertiary/aromatic N) is 2. The van der Waals surface area contributed by atoms with Crippen LogP contribution >= 0.6 is 0 Å². The molecule has 0 saturated heterocycles. The standard InChI is InChI=1S/C44H40B10N2O/c45-31-30(32(46)34(48)35(49)33(31)47)21-16-18-24(19-17-21)55(42-39(53)37(51)36(50)38(52)40(42)54)25-11-6-8-22(20-25)26-13-7-14-28-41-44(57-43(26)28)27-12-4-5-15-29(27)56(41)23-9-2-1-3-10-23/h1-20H,45-54H2. The smallest absolute Gasteiger partial charge is 0.161 e. The highest BCUT2D eigenvalue weighted by atomic mass is 16.3. The normalized spacial score (nSPS) is 11.5. The van der Waals surface area contributed by atoms with Gasteiger partial charge in [0.25, 0.3) is 0 Å². The van der Waals surface area contributed by atoms with Crippen LogP contribution in [0.2, 0.25) is 0 Å². The number of rotatable bonds is 6. The molecule has 0 aliphatic heterocycles. The van der Waals surface area contributed by atoms with Gasteiger partial charge in [0.1, 0.15) is 89.6 Å². The second-order valence-electron chi connectivity index (χ2n) is 16.1. The van der Waals surface area contributed by atoms with Crippen LogP contribution in [0.1, 0.15) is 0 Å². The molecule has 0 atom stereocenters. The number of para-hydroxylation sites is 3. The molecule has 0 radical (unpaired) electrons. The van der Waals surface area contributed by atoms with Gasteiger partial charge in [0.05, 0.1) is 5.52 Å². The summed E-state index contributed by atoms with van der Waals surface area (Å²) >= 11 is 0. The van der Waals surface area contributed by atoms with E-state index in [-0.39, 0.29) is 0 Å². The van der Waals surface area contributed by atoms with E-state index >= 15 is 0 Å². The van der Waals surface area contributed by atoms with Crippen molar-refractivity contribution in [1.29, 1.82) is 0 Å². The van der Waals surface area contributed by atoms with Gasteiger partial charge in [0.15, 0.2) is 5.58 Å². The van der Waals surface area contributed by atoms with Gasteiger partial charge in [0.2, 0.25) is 0 Å². The molecule has 0 aliphatic rings. The molecule has 2 aromatic heterocycles. The molecule has 2 heterocycles. The Morgan fingerprint density at radius 3 is 1.65 bits per heavy atom. The van der Waals surface area contributed by atoms with E-state index in [1.165, 1.54) is 71.4 Å². The fourth-order valence-corrected chi connectivity index (χ4v) is 9.31. The van der Waals surface area contributed by atoms with E-state index in [9.17, 15) is 0 Å². The molecule has 3 nitrogen and oxygen atoms in total. The number of fused-ring (bicyclic) bond motifs is 5. The van der Waals surface area contributed by atoms with E-state index in [0.717, 1.165) is 61.2 Å². The van der Waals surface area contributed by atoms with E-state index in [0.29, 0.717) is 0 Å². The molecule has 0 bridgehead atoms. The molecule has 9 aromatic rings. The van der Waals surface area contributed by atoms with Gasteiger partial charge >= 0.3 is 0 Å². The summed E-state index contributed by atoms with van der Waals surface area (Å²) < 4.78 is 9.32. The van der Waals surface area contributed by atoms with Crippen LogP contribution in [0.15, 0.2) is 126 Å². The van der Waals surface area contributed by atoms with E-state index < -0.39 is 0 Å². The maximum absolute atomic E-state index is 6.97. The third-order valence-corrected chi connectivity index (χ3v) is 13.3. The van der Waals surface area contributed by atoms with Crippen molar-refractivity contribution in [3.05, 3.63) is 121 Å². The molecule has 0 aliphatic carbocycles. The van der Waals surface area contributed by atoms with Crippen LogP contribution in [0.4, 0.5) is 17.1 Å². The van der Waals surface area contributed by atoms with Gasteiger partial charge < -0.3 is 13.9 Å². The second kappa shape index (κ2) is 14.1. The van der Waals surface area contributed by atoms with Crippen molar-refractivity contribution in [1.82, 2.24) is 4.57 Å². The zero-order chi connectivity index (χ0) is 39.9. The quantitative estimate of drug-likeness (QED) is 0.161. The van der Waals surface area contributed by atoms with Crippen molar-refractivity contribution in [2.75, 3.05) is 4.90 Å². The average Bonchev–Trinajstić information content (AvgIpc) is 3.78. The Balaban J connectivity index is 1.24. The van der Waals surface area contributed by atoms with Gasteiger partial charge in [-0.2, -0.15) is 0 Å². The minimum absolute atomic E-state index is 0.898. The maximum atomic E-state index is 6.97. The van der Waals surface area contributed by atoms with Gasteiger partial charge in [-0.3, -0.25) is 0 Å². The van der Waals surface area contributed by atoms with Crippen LogP contribution in [0.3, 0.4) is 0 Å². The first-order chi connectivity index (χ1) is 27.5. The molecule has 0 spiro atoms. The number of hydrogen-bond acceptors (Lipinski definition) is 2. The summed E-state index contributed by atoms with van der Waals surface area (Å²) in [6.45, 7) is 0. The topological polar surface area (TPSA) is 21.3 Å². The van der Waals surface area contributed by atoms with Crippen LogP contribution in [0.5, 0.6) is 0 Å². The van der Waals surface area contributed by atoms with Crippen LogP contribution < -0.4 is 59.5 Å². The van der Waals surface area contributed by atoms with Gasteiger partial charge in [0, 0.05) is 39.1 Å². The summed E-state index contributed by atoms with van der Waals surface area (Å²) in [5, 5.41) is 2.21. The lowest BCUT2D eigenvalue weighted by atomic mass is 9.59. The van der Waals surface area contributed by atoms with Crippen LogP contribution in [0, 0.1) is 0 Å². The Morgan fingerprint density at radius 1 is 0.421 bits per heavy atom. The van der Waals surface area contributed by atoms with E-state index in [2.05, 4.69) is 209 Å². The first-order valence-corrected chi connectivity index (χ1v) is 20.1. The zero-order valence-corrected chi connectivity index (χ0v) is 34.8. The lowest BCUT2D eigenvalue weighted by Gasteiger charge is -2.32. The van der Waals surface area contributed by atoms with Gasteiger partial charge in [-0.25, -0.2) is 0 Å². The highest BCUT2D eigenvalue weighted by Gasteiger charge is 2.24. The van der Waals surface area contributed by atoms with E-state index in [1.54, 1.807) is 0 Å². The number of anilines is 3. The highest BCUT2D eigenvalue weighted by Crippen LogP contribution is 2.43. The fourth-order valence-electron chi connectivity index (χ4n) is 9.31. The third kappa shape index (κ3) is 5.72. The van der Waals surface area contributed by atoms with Crippen LogP contribution in [-0.4, -0.2) is 83.0 Å². The van der Waals surface area contributed by atoms with Gasteiger partial charge in [-0.1, -0.05) is 99.5 Å². The minimum Gasteiger partial charge on any atom is -0.453 e. The lowest BCUT2D eigenvalue weighted by molar-refractivity contribution is 0.674. The molecule has 262 valence electrons. The van der Waals surface area contributed by atoms with Crippen molar-refractivity contribution in [3.63, 3.8) is 0 Å². The van der Waals surface area contributed by atoms with Crippen molar-refractivity contribution in [2.45, 2.75) is 0 Å². The second-order valence-corrected chi connectivity index (χ2v) is 16.1. The van der Waals surface area contributed by atoms with Gasteiger partial charge in [-0.15, -0.1) is 21.9 Å². The first kappa shape index (κ1) is 36.9. The first-order valence-electron chi connectivity index (χ1n) is 20.1. The van der Waals surface area contributed by atoms with Gasteiger partial charge in [-0.05, 0) is 71.3 Å².